The van der Waals surface area contributed by atoms with E-state index >= 15 is 0 Å². The molecular weight excluding hydrogens is 252 g/mol. The molecule has 1 heterocycles. The molecule has 5 heteroatoms. The Morgan fingerprint density at radius 3 is 2.80 bits per heavy atom. The lowest BCUT2D eigenvalue weighted by molar-refractivity contribution is 0.0947. The molecule has 0 saturated heterocycles. The molecule has 0 bridgehead atoms. The smallest absolute Gasteiger partial charge is 0.270 e. The van der Waals surface area contributed by atoms with Gasteiger partial charge in [-0.25, -0.2) is 9.97 Å². The Labute approximate surface area is 121 Å². The second kappa shape index (κ2) is 9.28. The number of hydrogen-bond acceptors (Lipinski definition) is 4. The zero-order valence-corrected chi connectivity index (χ0v) is 12.8. The predicted molar refractivity (Wildman–Crippen MR) is 81.8 cm³/mol. The molecule has 1 amide bonds. The fourth-order valence-corrected chi connectivity index (χ4v) is 1.71. The fourth-order valence-electron chi connectivity index (χ4n) is 1.71. The van der Waals surface area contributed by atoms with Crippen molar-refractivity contribution in [1.82, 2.24) is 15.3 Å². The van der Waals surface area contributed by atoms with Crippen LogP contribution in [0.5, 0.6) is 0 Å². The van der Waals surface area contributed by atoms with E-state index < -0.39 is 0 Å². The molecular formula is C15H26N4O. The summed E-state index contributed by atoms with van der Waals surface area (Å²) in [7, 11) is 0. The number of unbranched alkanes of at least 4 members (excludes halogenated alkanes) is 2. The van der Waals surface area contributed by atoms with Crippen LogP contribution >= 0.6 is 0 Å². The molecule has 0 spiro atoms. The van der Waals surface area contributed by atoms with Gasteiger partial charge in [-0.3, -0.25) is 4.79 Å². The van der Waals surface area contributed by atoms with Gasteiger partial charge in [0.05, 0.1) is 0 Å². The monoisotopic (exact) mass is 278 g/mol. The van der Waals surface area contributed by atoms with Crippen LogP contribution in [0.1, 0.15) is 56.9 Å². The van der Waals surface area contributed by atoms with E-state index in [9.17, 15) is 4.79 Å². The molecule has 0 aliphatic carbocycles. The van der Waals surface area contributed by atoms with E-state index in [2.05, 4.69) is 41.4 Å². The second-order valence-electron chi connectivity index (χ2n) is 5.34. The van der Waals surface area contributed by atoms with Gasteiger partial charge in [0.1, 0.15) is 5.69 Å². The lowest BCUT2D eigenvalue weighted by atomic mass is 10.1. The first-order chi connectivity index (χ1) is 9.63. The van der Waals surface area contributed by atoms with Gasteiger partial charge >= 0.3 is 0 Å². The number of anilines is 1. The van der Waals surface area contributed by atoms with Crippen LogP contribution in [0, 0.1) is 5.92 Å². The van der Waals surface area contributed by atoms with Gasteiger partial charge in [-0.2, -0.15) is 0 Å². The Morgan fingerprint density at radius 2 is 2.10 bits per heavy atom. The van der Waals surface area contributed by atoms with Crippen LogP contribution in [0.3, 0.4) is 0 Å². The minimum absolute atomic E-state index is 0.135. The lowest BCUT2D eigenvalue weighted by Crippen LogP contribution is -2.26. The third kappa shape index (κ3) is 6.50. The molecule has 0 fully saturated rings. The summed E-state index contributed by atoms with van der Waals surface area (Å²) in [6.07, 6.45) is 6.04. The van der Waals surface area contributed by atoms with Gasteiger partial charge in [0.15, 0.2) is 0 Å². The number of aromatic nitrogens is 2. The summed E-state index contributed by atoms with van der Waals surface area (Å²) >= 11 is 0. The molecule has 112 valence electrons. The maximum absolute atomic E-state index is 11.9. The largest absolute Gasteiger partial charge is 0.354 e. The SMILES string of the molecule is CCCCCNc1nccc(C(=O)NCCC(C)C)n1. The number of nitrogens with one attached hydrogen (secondary N) is 2. The van der Waals surface area contributed by atoms with Gasteiger partial charge in [-0.1, -0.05) is 33.6 Å². The molecule has 0 atom stereocenters. The standard InChI is InChI=1S/C15H26N4O/c1-4-5-6-9-17-15-18-11-8-13(19-15)14(20)16-10-7-12(2)3/h8,11-12H,4-7,9-10H2,1-3H3,(H,16,20)(H,17,18,19). The van der Waals surface area contributed by atoms with E-state index in [0.717, 1.165) is 19.4 Å². The highest BCUT2D eigenvalue weighted by molar-refractivity contribution is 5.92. The first-order valence-electron chi connectivity index (χ1n) is 7.48. The van der Waals surface area contributed by atoms with Crippen LogP contribution in [-0.2, 0) is 0 Å². The van der Waals surface area contributed by atoms with Crippen LogP contribution < -0.4 is 10.6 Å². The van der Waals surface area contributed by atoms with Gasteiger partial charge in [-0.05, 0) is 24.8 Å². The van der Waals surface area contributed by atoms with Crippen molar-refractivity contribution in [1.29, 1.82) is 0 Å². The molecule has 0 aliphatic rings. The quantitative estimate of drug-likeness (QED) is 0.682. The second-order valence-corrected chi connectivity index (χ2v) is 5.34. The Kier molecular flexibility index (Phi) is 7.62. The van der Waals surface area contributed by atoms with E-state index in [1.807, 2.05) is 0 Å². The van der Waals surface area contributed by atoms with E-state index in [-0.39, 0.29) is 5.91 Å². The fraction of sp³-hybridized carbons (Fsp3) is 0.667. The van der Waals surface area contributed by atoms with Crippen LogP contribution in [-0.4, -0.2) is 29.0 Å². The summed E-state index contributed by atoms with van der Waals surface area (Å²) in [5.41, 5.74) is 0.418. The molecule has 0 aromatic carbocycles. The number of amides is 1. The van der Waals surface area contributed by atoms with E-state index in [1.54, 1.807) is 12.3 Å². The molecule has 2 N–H and O–H groups in total. The van der Waals surface area contributed by atoms with Crippen molar-refractivity contribution < 1.29 is 4.79 Å². The normalized spacial score (nSPS) is 10.6. The van der Waals surface area contributed by atoms with Gasteiger partial charge in [-0.15, -0.1) is 0 Å². The predicted octanol–water partition coefficient (Wildman–Crippen LogP) is 2.85. The van der Waals surface area contributed by atoms with E-state index in [4.69, 9.17) is 0 Å². The first kappa shape index (κ1) is 16.4. The third-order valence-electron chi connectivity index (χ3n) is 2.96. The van der Waals surface area contributed by atoms with E-state index in [1.165, 1.54) is 12.8 Å². The third-order valence-corrected chi connectivity index (χ3v) is 2.96. The molecule has 5 nitrogen and oxygen atoms in total. The molecule has 1 rings (SSSR count). The van der Waals surface area contributed by atoms with Crippen LogP contribution in [0.4, 0.5) is 5.95 Å². The van der Waals surface area contributed by atoms with Crippen molar-refractivity contribution in [3.63, 3.8) is 0 Å². The zero-order chi connectivity index (χ0) is 14.8. The summed E-state index contributed by atoms with van der Waals surface area (Å²) in [5.74, 6) is 0.971. The van der Waals surface area contributed by atoms with Gasteiger partial charge in [0, 0.05) is 19.3 Å². The van der Waals surface area contributed by atoms with Crippen molar-refractivity contribution in [3.05, 3.63) is 18.0 Å². The van der Waals surface area contributed by atoms with Crippen molar-refractivity contribution >= 4 is 11.9 Å². The Bertz CT molecular complexity index is 407. The van der Waals surface area contributed by atoms with Crippen LogP contribution in [0.15, 0.2) is 12.3 Å². The first-order valence-corrected chi connectivity index (χ1v) is 7.48. The van der Waals surface area contributed by atoms with Crippen LogP contribution in [0.25, 0.3) is 0 Å². The highest BCUT2D eigenvalue weighted by atomic mass is 16.1. The number of carbonyl (C=O) groups is 1. The number of rotatable bonds is 9. The number of nitrogens with zero attached hydrogens (tertiary/aromatic N) is 2. The van der Waals surface area contributed by atoms with Crippen LogP contribution in [0.2, 0.25) is 0 Å². The summed E-state index contributed by atoms with van der Waals surface area (Å²) in [4.78, 5) is 20.3. The minimum atomic E-state index is -0.135. The maximum Gasteiger partial charge on any atom is 0.270 e. The maximum atomic E-state index is 11.9. The summed E-state index contributed by atoms with van der Waals surface area (Å²) in [6.45, 7) is 7.95. The molecule has 0 radical (unpaired) electrons. The minimum Gasteiger partial charge on any atom is -0.354 e. The van der Waals surface area contributed by atoms with Crippen molar-refractivity contribution in [2.75, 3.05) is 18.4 Å². The Morgan fingerprint density at radius 1 is 1.30 bits per heavy atom. The van der Waals surface area contributed by atoms with Gasteiger partial charge in [0.25, 0.3) is 5.91 Å². The molecule has 20 heavy (non-hydrogen) atoms. The molecule has 0 aliphatic heterocycles. The Balaban J connectivity index is 2.43. The van der Waals surface area contributed by atoms with Gasteiger partial charge < -0.3 is 10.6 Å². The summed E-state index contributed by atoms with van der Waals surface area (Å²) < 4.78 is 0. The van der Waals surface area contributed by atoms with Crippen molar-refractivity contribution in [2.24, 2.45) is 5.92 Å². The molecule has 0 unspecified atom stereocenters. The Hall–Kier alpha value is -1.65. The average molecular weight is 278 g/mol. The average Bonchev–Trinajstić information content (AvgIpc) is 2.43. The van der Waals surface area contributed by atoms with Gasteiger partial charge in [0.2, 0.25) is 5.95 Å². The number of hydrogen-bond donors (Lipinski definition) is 2. The topological polar surface area (TPSA) is 66.9 Å². The lowest BCUT2D eigenvalue weighted by Gasteiger charge is -2.08. The summed E-state index contributed by atoms with van der Waals surface area (Å²) in [5, 5.41) is 6.02. The molecule has 1 aromatic rings. The van der Waals surface area contributed by atoms with Crippen molar-refractivity contribution in [2.45, 2.75) is 46.5 Å². The van der Waals surface area contributed by atoms with E-state index in [0.29, 0.717) is 24.1 Å². The highest BCUT2D eigenvalue weighted by Crippen LogP contribution is 2.03. The highest BCUT2D eigenvalue weighted by Gasteiger charge is 2.08. The summed E-state index contributed by atoms with van der Waals surface area (Å²) in [6, 6.07) is 1.64. The molecule has 1 aromatic heterocycles. The molecule has 0 saturated carbocycles. The number of carbonyl (C=O) groups excluding carboxylic acids is 1. The zero-order valence-electron chi connectivity index (χ0n) is 12.8. The van der Waals surface area contributed by atoms with Crippen molar-refractivity contribution in [3.8, 4) is 0 Å².